The minimum Gasteiger partial charge on any atom is -1.00 e. The first-order chi connectivity index (χ1) is 7.56. The molecule has 2 aromatic heterocycles. The van der Waals surface area contributed by atoms with Crippen LogP contribution in [-0.4, -0.2) is 14.5 Å². The maximum absolute atomic E-state index is 11.3. The zero-order valence-electron chi connectivity index (χ0n) is 8.91. The van der Waals surface area contributed by atoms with Crippen LogP contribution in [0.4, 0.5) is 0 Å². The Bertz CT molecular complexity index is 630. The van der Waals surface area contributed by atoms with Gasteiger partial charge in [0.2, 0.25) is 6.33 Å². The Morgan fingerprint density at radius 1 is 1.41 bits per heavy atom. The zero-order chi connectivity index (χ0) is 11.7. The van der Waals surface area contributed by atoms with E-state index in [2.05, 4.69) is 25.9 Å². The molecular formula is C9H10BrClN4O2. The lowest BCUT2D eigenvalue weighted by Gasteiger charge is -1.99. The molecule has 0 fully saturated rings. The molecule has 0 amide bonds. The van der Waals surface area contributed by atoms with E-state index in [1.165, 1.54) is 0 Å². The second-order valence-electron chi connectivity index (χ2n) is 3.45. The molecule has 0 aliphatic carbocycles. The number of hydrogen-bond donors (Lipinski definition) is 2. The lowest BCUT2D eigenvalue weighted by molar-refractivity contribution is -0.671. The third-order valence-electron chi connectivity index (χ3n) is 2.12. The van der Waals surface area contributed by atoms with E-state index in [1.54, 1.807) is 0 Å². The van der Waals surface area contributed by atoms with E-state index in [1.807, 2.05) is 34.9 Å². The summed E-state index contributed by atoms with van der Waals surface area (Å²) >= 11 is 3.14. The minimum absolute atomic E-state index is 0. The Hall–Kier alpha value is -1.34. The van der Waals surface area contributed by atoms with Crippen molar-refractivity contribution in [2.45, 2.75) is 6.54 Å². The monoisotopic (exact) mass is 320 g/mol. The normalized spacial score (nSPS) is 10.0. The van der Waals surface area contributed by atoms with Crippen molar-refractivity contribution < 1.29 is 17.0 Å². The van der Waals surface area contributed by atoms with Crippen LogP contribution in [-0.2, 0) is 13.6 Å². The summed E-state index contributed by atoms with van der Waals surface area (Å²) in [5.74, 6) is 0. The highest BCUT2D eigenvalue weighted by atomic mass is 79.9. The van der Waals surface area contributed by atoms with Crippen LogP contribution in [0.3, 0.4) is 0 Å². The summed E-state index contributed by atoms with van der Waals surface area (Å²) in [4.78, 5) is 27.2. The molecule has 0 aliphatic rings. The van der Waals surface area contributed by atoms with E-state index in [4.69, 9.17) is 0 Å². The molecule has 92 valence electrons. The molecular weight excluding hydrogens is 311 g/mol. The van der Waals surface area contributed by atoms with Crippen molar-refractivity contribution in [1.29, 1.82) is 0 Å². The number of nitrogens with zero attached hydrogens (tertiary/aromatic N) is 2. The maximum atomic E-state index is 11.3. The van der Waals surface area contributed by atoms with Gasteiger partial charge in [-0.1, -0.05) is 0 Å². The average Bonchev–Trinajstić information content (AvgIpc) is 2.60. The fourth-order valence-electron chi connectivity index (χ4n) is 1.40. The molecule has 6 nitrogen and oxygen atoms in total. The number of imidazole rings is 1. The van der Waals surface area contributed by atoms with Gasteiger partial charge in [-0.25, -0.2) is 13.9 Å². The highest BCUT2D eigenvalue weighted by molar-refractivity contribution is 9.10. The molecule has 2 heterocycles. The molecule has 8 heteroatoms. The molecule has 0 spiro atoms. The second-order valence-corrected chi connectivity index (χ2v) is 4.25. The van der Waals surface area contributed by atoms with Gasteiger partial charge in [0.1, 0.15) is 23.4 Å². The first-order valence-corrected chi connectivity index (χ1v) is 5.37. The second kappa shape index (κ2) is 5.33. The Balaban J connectivity index is 0.00000144. The number of aryl methyl sites for hydroxylation is 1. The fourth-order valence-corrected chi connectivity index (χ4v) is 1.73. The van der Waals surface area contributed by atoms with Crippen molar-refractivity contribution in [3.8, 4) is 0 Å². The standard InChI is InChI=1S/C9H9BrN4O2.ClH/c1-13-2-3-14(5-13)4-6-7(10)8(15)12-9(16)11-6;/h2-3,5H,4H2,1H3,(H-,11,12,15,16);1H. The van der Waals surface area contributed by atoms with Crippen molar-refractivity contribution in [1.82, 2.24) is 14.5 Å². The van der Waals surface area contributed by atoms with Gasteiger partial charge in [0.05, 0.1) is 12.7 Å². The number of nitrogens with one attached hydrogen (secondary N) is 2. The van der Waals surface area contributed by atoms with Crippen LogP contribution in [0.1, 0.15) is 5.69 Å². The summed E-state index contributed by atoms with van der Waals surface area (Å²) in [5.41, 5.74) is -0.375. The largest absolute Gasteiger partial charge is 1.00 e. The van der Waals surface area contributed by atoms with Crippen LogP contribution >= 0.6 is 15.9 Å². The molecule has 17 heavy (non-hydrogen) atoms. The number of aromatic amines is 2. The van der Waals surface area contributed by atoms with E-state index in [9.17, 15) is 9.59 Å². The summed E-state index contributed by atoms with van der Waals surface area (Å²) in [6.07, 6.45) is 5.58. The third-order valence-corrected chi connectivity index (χ3v) is 2.96. The summed E-state index contributed by atoms with van der Waals surface area (Å²) in [6.45, 7) is 0.431. The van der Waals surface area contributed by atoms with Gasteiger partial charge in [0, 0.05) is 0 Å². The summed E-state index contributed by atoms with van der Waals surface area (Å²) < 4.78 is 4.08. The molecule has 2 aromatic rings. The first-order valence-electron chi connectivity index (χ1n) is 4.58. The van der Waals surface area contributed by atoms with Gasteiger partial charge in [0.25, 0.3) is 5.56 Å². The van der Waals surface area contributed by atoms with E-state index < -0.39 is 11.2 Å². The molecule has 2 rings (SSSR count). The topological polar surface area (TPSA) is 74.5 Å². The molecule has 0 aliphatic heterocycles. The van der Waals surface area contributed by atoms with Gasteiger partial charge in [-0.3, -0.25) is 9.78 Å². The lowest BCUT2D eigenvalue weighted by atomic mass is 10.4. The minimum atomic E-state index is -0.500. The smallest absolute Gasteiger partial charge is 0.326 e. The van der Waals surface area contributed by atoms with Gasteiger partial charge in [-0.05, 0) is 15.9 Å². The molecule has 0 aromatic carbocycles. The van der Waals surface area contributed by atoms with Crippen molar-refractivity contribution in [2.75, 3.05) is 0 Å². The van der Waals surface area contributed by atoms with Crippen LogP contribution in [0.2, 0.25) is 0 Å². The number of aromatic nitrogens is 4. The Kier molecular flexibility index (Phi) is 4.30. The number of H-pyrrole nitrogens is 2. The third kappa shape index (κ3) is 3.07. The quantitative estimate of drug-likeness (QED) is 0.564. The first kappa shape index (κ1) is 13.7. The predicted octanol–water partition coefficient (Wildman–Crippen LogP) is -3.50. The molecule has 0 bridgehead atoms. The van der Waals surface area contributed by atoms with Crippen LogP contribution in [0.5, 0.6) is 0 Å². The van der Waals surface area contributed by atoms with Crippen molar-refractivity contribution in [3.63, 3.8) is 0 Å². The Labute approximate surface area is 111 Å². The van der Waals surface area contributed by atoms with Crippen molar-refractivity contribution in [3.05, 3.63) is 49.7 Å². The van der Waals surface area contributed by atoms with Gasteiger partial charge in [0.15, 0.2) is 0 Å². The molecule has 2 N–H and O–H groups in total. The highest BCUT2D eigenvalue weighted by Crippen LogP contribution is 2.07. The van der Waals surface area contributed by atoms with Crippen LogP contribution in [0.15, 0.2) is 32.8 Å². The fraction of sp³-hybridized carbons (Fsp3) is 0.222. The van der Waals surface area contributed by atoms with Crippen LogP contribution < -0.4 is 28.2 Å². The summed E-state index contributed by atoms with van der Waals surface area (Å²) in [6, 6.07) is 0. The molecule has 0 saturated carbocycles. The van der Waals surface area contributed by atoms with E-state index in [-0.39, 0.29) is 12.4 Å². The number of hydrogen-bond acceptors (Lipinski definition) is 2. The van der Waals surface area contributed by atoms with E-state index in [0.717, 1.165) is 0 Å². The van der Waals surface area contributed by atoms with E-state index in [0.29, 0.717) is 16.7 Å². The van der Waals surface area contributed by atoms with Gasteiger partial charge in [-0.15, -0.1) is 0 Å². The predicted molar refractivity (Wildman–Crippen MR) is 60.1 cm³/mol. The summed E-state index contributed by atoms with van der Waals surface area (Å²) in [5, 5.41) is 0. The highest BCUT2D eigenvalue weighted by Gasteiger charge is 2.09. The summed E-state index contributed by atoms with van der Waals surface area (Å²) in [7, 11) is 1.89. The molecule has 0 radical (unpaired) electrons. The van der Waals surface area contributed by atoms with Crippen molar-refractivity contribution in [2.24, 2.45) is 7.05 Å². The number of halogens is 2. The number of rotatable bonds is 2. The molecule has 0 atom stereocenters. The lowest BCUT2D eigenvalue weighted by Crippen LogP contribution is -3.00. The van der Waals surface area contributed by atoms with Crippen LogP contribution in [0.25, 0.3) is 0 Å². The molecule has 0 saturated heterocycles. The van der Waals surface area contributed by atoms with E-state index >= 15 is 0 Å². The SMILES string of the molecule is C[n+]1ccn(Cc2[nH]c(=O)[nH]c(=O)c2Br)c1.[Cl-]. The maximum Gasteiger partial charge on any atom is 0.326 e. The van der Waals surface area contributed by atoms with Gasteiger partial charge >= 0.3 is 5.69 Å². The van der Waals surface area contributed by atoms with Gasteiger partial charge in [-0.2, -0.15) is 0 Å². The van der Waals surface area contributed by atoms with Crippen molar-refractivity contribution >= 4 is 15.9 Å². The van der Waals surface area contributed by atoms with Crippen LogP contribution in [0, 0.1) is 0 Å². The Morgan fingerprint density at radius 3 is 2.71 bits per heavy atom. The molecule has 0 unspecified atom stereocenters. The average molecular weight is 322 g/mol. The van der Waals surface area contributed by atoms with Gasteiger partial charge < -0.3 is 17.4 Å². The zero-order valence-corrected chi connectivity index (χ0v) is 11.2. The Morgan fingerprint density at radius 2 is 2.12 bits per heavy atom.